The lowest BCUT2D eigenvalue weighted by molar-refractivity contribution is -0.119. The predicted octanol–water partition coefficient (Wildman–Crippen LogP) is 4.81. The minimum Gasteiger partial charge on any atom is -0.495 e. The molecule has 2 N–H and O–H groups in total. The highest BCUT2D eigenvalue weighted by atomic mass is 16.6. The molecular weight excluding hydrogens is 410 g/mol. The van der Waals surface area contributed by atoms with Gasteiger partial charge < -0.3 is 19.7 Å². The lowest BCUT2D eigenvalue weighted by atomic mass is 10.1. The Bertz CT molecular complexity index is 996. The number of carbonyl (C=O) groups is 3. The molecule has 1 heterocycles. The minimum absolute atomic E-state index is 0.108. The molecule has 0 saturated carbocycles. The van der Waals surface area contributed by atoms with Crippen LogP contribution in [-0.4, -0.2) is 37.2 Å². The van der Waals surface area contributed by atoms with Crippen molar-refractivity contribution in [2.75, 3.05) is 29.2 Å². The Kier molecular flexibility index (Phi) is 7.02. The van der Waals surface area contributed by atoms with E-state index in [1.807, 2.05) is 0 Å². The quantitative estimate of drug-likeness (QED) is 0.697. The summed E-state index contributed by atoms with van der Waals surface area (Å²) in [7, 11) is 1.49. The van der Waals surface area contributed by atoms with E-state index in [0.717, 1.165) is 18.5 Å². The Hall–Kier alpha value is -3.55. The Morgan fingerprint density at radius 2 is 1.72 bits per heavy atom. The molecule has 8 nitrogen and oxygen atoms in total. The van der Waals surface area contributed by atoms with E-state index in [4.69, 9.17) is 9.47 Å². The molecule has 3 amide bonds. The molecule has 2 aromatic rings. The van der Waals surface area contributed by atoms with Gasteiger partial charge in [0, 0.05) is 29.9 Å². The third kappa shape index (κ3) is 6.00. The molecule has 0 bridgehead atoms. The number of amides is 3. The molecule has 0 atom stereocenters. The summed E-state index contributed by atoms with van der Waals surface area (Å²) in [6.07, 6.45) is 1.83. The zero-order valence-electron chi connectivity index (χ0n) is 18.9. The second kappa shape index (κ2) is 9.72. The molecule has 0 unspecified atom stereocenters. The fraction of sp³-hybridized carbons (Fsp3) is 0.375. The van der Waals surface area contributed by atoms with Crippen molar-refractivity contribution in [3.63, 3.8) is 0 Å². The van der Waals surface area contributed by atoms with Crippen molar-refractivity contribution in [3.05, 3.63) is 48.0 Å². The van der Waals surface area contributed by atoms with Gasteiger partial charge in [-0.3, -0.25) is 14.9 Å². The van der Waals surface area contributed by atoms with Crippen LogP contribution in [0.1, 0.15) is 50.4 Å². The Morgan fingerprint density at radius 3 is 2.34 bits per heavy atom. The highest BCUT2D eigenvalue weighted by molar-refractivity contribution is 6.05. The number of nitrogens with zero attached hydrogens (tertiary/aromatic N) is 1. The van der Waals surface area contributed by atoms with Gasteiger partial charge in [0.05, 0.1) is 12.8 Å². The van der Waals surface area contributed by atoms with Crippen LogP contribution in [0.3, 0.4) is 0 Å². The van der Waals surface area contributed by atoms with Gasteiger partial charge in [-0.15, -0.1) is 0 Å². The van der Waals surface area contributed by atoms with Gasteiger partial charge in [0.1, 0.15) is 11.4 Å². The van der Waals surface area contributed by atoms with Crippen molar-refractivity contribution >= 4 is 35.0 Å². The normalized spacial score (nSPS) is 14.0. The van der Waals surface area contributed by atoms with Crippen molar-refractivity contribution in [3.8, 4) is 5.75 Å². The third-order valence-electron chi connectivity index (χ3n) is 4.86. The molecule has 1 fully saturated rings. The third-order valence-corrected chi connectivity index (χ3v) is 4.86. The van der Waals surface area contributed by atoms with Crippen LogP contribution in [0.25, 0.3) is 0 Å². The molecule has 8 heteroatoms. The molecule has 1 saturated heterocycles. The fourth-order valence-electron chi connectivity index (χ4n) is 3.37. The number of rotatable bonds is 5. The largest absolute Gasteiger partial charge is 0.495 e. The average molecular weight is 440 g/mol. The van der Waals surface area contributed by atoms with E-state index in [9.17, 15) is 14.4 Å². The lowest BCUT2D eigenvalue weighted by Crippen LogP contribution is -2.35. The summed E-state index contributed by atoms with van der Waals surface area (Å²) < 4.78 is 10.6. The van der Waals surface area contributed by atoms with Gasteiger partial charge in [-0.05, 0) is 76.1 Å². The monoisotopic (exact) mass is 439 g/mol. The first-order valence-electron chi connectivity index (χ1n) is 10.6. The van der Waals surface area contributed by atoms with E-state index in [2.05, 4.69) is 10.6 Å². The van der Waals surface area contributed by atoms with E-state index < -0.39 is 11.7 Å². The first kappa shape index (κ1) is 23.1. The number of hydrogen-bond donors (Lipinski definition) is 2. The predicted molar refractivity (Wildman–Crippen MR) is 123 cm³/mol. The van der Waals surface area contributed by atoms with Gasteiger partial charge in [-0.2, -0.15) is 0 Å². The van der Waals surface area contributed by atoms with Gasteiger partial charge >= 0.3 is 6.09 Å². The van der Waals surface area contributed by atoms with Crippen LogP contribution in [0.5, 0.6) is 5.75 Å². The molecule has 32 heavy (non-hydrogen) atoms. The topological polar surface area (TPSA) is 97.0 Å². The molecule has 170 valence electrons. The van der Waals surface area contributed by atoms with Crippen LogP contribution in [0.4, 0.5) is 21.9 Å². The second-order valence-electron chi connectivity index (χ2n) is 8.55. The highest BCUT2D eigenvalue weighted by Crippen LogP contribution is 2.29. The van der Waals surface area contributed by atoms with E-state index >= 15 is 0 Å². The van der Waals surface area contributed by atoms with E-state index in [-0.39, 0.29) is 11.8 Å². The number of ether oxygens (including phenoxy) is 2. The maximum absolute atomic E-state index is 12.7. The zero-order valence-corrected chi connectivity index (χ0v) is 18.9. The van der Waals surface area contributed by atoms with Crippen molar-refractivity contribution in [1.82, 2.24) is 0 Å². The molecular formula is C24H29N3O5. The Labute approximate surface area is 187 Å². The number of piperidine rings is 1. The second-order valence-corrected chi connectivity index (χ2v) is 8.55. The summed E-state index contributed by atoms with van der Waals surface area (Å²) >= 11 is 0. The summed E-state index contributed by atoms with van der Waals surface area (Å²) in [5.41, 5.74) is 1.46. The maximum Gasteiger partial charge on any atom is 0.412 e. The standard InChI is InChI=1S/C24H29N3O5/c1-24(2,3)32-23(30)26-19-15-17(10-13-20(19)31-4)25-22(29)16-8-11-18(12-9-16)27-14-6-5-7-21(27)28/h8-13,15H,5-7,14H2,1-4H3,(H,25,29)(H,26,30). The number of carbonyl (C=O) groups excluding carboxylic acids is 3. The zero-order chi connectivity index (χ0) is 23.3. The van der Waals surface area contributed by atoms with Crippen LogP contribution in [0.15, 0.2) is 42.5 Å². The first-order chi connectivity index (χ1) is 15.2. The summed E-state index contributed by atoms with van der Waals surface area (Å²) in [6, 6.07) is 11.9. The van der Waals surface area contributed by atoms with E-state index in [0.29, 0.717) is 35.7 Å². The summed E-state index contributed by atoms with van der Waals surface area (Å²) in [5.74, 6) is 0.232. The van der Waals surface area contributed by atoms with Crippen LogP contribution in [-0.2, 0) is 9.53 Å². The van der Waals surface area contributed by atoms with Crippen LogP contribution < -0.4 is 20.3 Å². The van der Waals surface area contributed by atoms with Crippen molar-refractivity contribution in [1.29, 1.82) is 0 Å². The van der Waals surface area contributed by atoms with Gasteiger partial charge in [0.15, 0.2) is 0 Å². The average Bonchev–Trinajstić information content (AvgIpc) is 2.73. The van der Waals surface area contributed by atoms with Crippen LogP contribution in [0, 0.1) is 0 Å². The maximum atomic E-state index is 12.7. The van der Waals surface area contributed by atoms with E-state index in [1.165, 1.54) is 7.11 Å². The molecule has 0 aromatic heterocycles. The van der Waals surface area contributed by atoms with Crippen molar-refractivity contribution < 1.29 is 23.9 Å². The molecule has 2 aromatic carbocycles. The van der Waals surface area contributed by atoms with E-state index in [1.54, 1.807) is 68.1 Å². The number of methoxy groups -OCH3 is 1. The smallest absolute Gasteiger partial charge is 0.412 e. The number of hydrogen-bond acceptors (Lipinski definition) is 5. The lowest BCUT2D eigenvalue weighted by Gasteiger charge is -2.26. The SMILES string of the molecule is COc1ccc(NC(=O)c2ccc(N3CCCCC3=O)cc2)cc1NC(=O)OC(C)(C)C. The molecule has 3 rings (SSSR count). The van der Waals surface area contributed by atoms with Crippen molar-refractivity contribution in [2.24, 2.45) is 0 Å². The number of nitrogens with one attached hydrogen (secondary N) is 2. The molecule has 1 aliphatic heterocycles. The summed E-state index contributed by atoms with van der Waals surface area (Å²) in [6.45, 7) is 6.01. The molecule has 0 spiro atoms. The molecule has 1 aliphatic rings. The number of benzene rings is 2. The Morgan fingerprint density at radius 1 is 1.00 bits per heavy atom. The van der Waals surface area contributed by atoms with Crippen LogP contribution >= 0.6 is 0 Å². The first-order valence-corrected chi connectivity index (χ1v) is 10.6. The minimum atomic E-state index is -0.645. The van der Waals surface area contributed by atoms with Gasteiger partial charge in [0.25, 0.3) is 5.91 Å². The molecule has 0 aliphatic carbocycles. The number of anilines is 3. The Balaban J connectivity index is 1.70. The fourth-order valence-corrected chi connectivity index (χ4v) is 3.37. The summed E-state index contributed by atoms with van der Waals surface area (Å²) in [5, 5.41) is 5.46. The van der Waals surface area contributed by atoms with Gasteiger partial charge in [-0.25, -0.2) is 4.79 Å². The van der Waals surface area contributed by atoms with Gasteiger partial charge in [-0.1, -0.05) is 0 Å². The van der Waals surface area contributed by atoms with Gasteiger partial charge in [0.2, 0.25) is 5.91 Å². The van der Waals surface area contributed by atoms with Crippen molar-refractivity contribution in [2.45, 2.75) is 45.6 Å². The van der Waals surface area contributed by atoms with Crippen LogP contribution in [0.2, 0.25) is 0 Å². The molecule has 0 radical (unpaired) electrons. The summed E-state index contributed by atoms with van der Waals surface area (Å²) in [4.78, 5) is 38.7. The highest BCUT2D eigenvalue weighted by Gasteiger charge is 2.20.